The molecule has 0 spiro atoms. The lowest BCUT2D eigenvalue weighted by atomic mass is 10.1. The molecule has 1 N–H and O–H groups in total. The van der Waals surface area contributed by atoms with Crippen molar-refractivity contribution in [3.63, 3.8) is 0 Å². The summed E-state index contributed by atoms with van der Waals surface area (Å²) in [6.45, 7) is 4.73. The van der Waals surface area contributed by atoms with Crippen LogP contribution in [0.15, 0.2) is 42.7 Å². The number of benzene rings is 1. The van der Waals surface area contributed by atoms with Gasteiger partial charge < -0.3 is 15.1 Å². The number of hydrogen-bond donors (Lipinski definition) is 1. The van der Waals surface area contributed by atoms with Crippen LogP contribution in [0, 0.1) is 0 Å². The van der Waals surface area contributed by atoms with E-state index in [9.17, 15) is 4.79 Å². The molecule has 1 aromatic carbocycles. The lowest BCUT2D eigenvalue weighted by Crippen LogP contribution is -2.52. The first-order chi connectivity index (χ1) is 11.6. The van der Waals surface area contributed by atoms with Crippen molar-refractivity contribution in [1.29, 1.82) is 0 Å². The number of rotatable bonds is 3. The molecule has 7 heteroatoms. The second-order valence-electron chi connectivity index (χ2n) is 5.75. The Balaban J connectivity index is 1.52. The quantitative estimate of drug-likeness (QED) is 0.929. The summed E-state index contributed by atoms with van der Waals surface area (Å²) in [5.74, 6) is 0.715. The highest BCUT2D eigenvalue weighted by Crippen LogP contribution is 2.17. The summed E-state index contributed by atoms with van der Waals surface area (Å²) >= 11 is 5.90. The summed E-state index contributed by atoms with van der Waals surface area (Å²) in [6, 6.07) is 9.20. The van der Waals surface area contributed by atoms with Gasteiger partial charge in [-0.3, -0.25) is 0 Å². The maximum atomic E-state index is 12.4. The summed E-state index contributed by atoms with van der Waals surface area (Å²) in [5, 5.41) is 3.73. The summed E-state index contributed by atoms with van der Waals surface area (Å²) in [4.78, 5) is 24.9. The van der Waals surface area contributed by atoms with E-state index in [4.69, 9.17) is 11.6 Å². The number of urea groups is 1. The highest BCUT2D eigenvalue weighted by Gasteiger charge is 2.23. The van der Waals surface area contributed by atoms with Crippen molar-refractivity contribution in [2.45, 2.75) is 13.0 Å². The fraction of sp³-hybridized carbons (Fsp3) is 0.353. The standard InChI is InChI=1S/C17H20ClN5O/c1-13(14-3-5-15(18)6-4-14)21-17(24)23-11-9-22(10-12-23)16-19-7-2-8-20-16/h2-8,13H,9-12H2,1H3,(H,21,24). The Morgan fingerprint density at radius 2 is 1.75 bits per heavy atom. The van der Waals surface area contributed by atoms with Gasteiger partial charge in [-0.2, -0.15) is 0 Å². The van der Waals surface area contributed by atoms with Crippen LogP contribution in [-0.2, 0) is 0 Å². The largest absolute Gasteiger partial charge is 0.337 e. The minimum Gasteiger partial charge on any atom is -0.337 e. The first-order valence-electron chi connectivity index (χ1n) is 7.96. The molecule has 0 saturated carbocycles. The number of hydrogen-bond acceptors (Lipinski definition) is 4. The van der Waals surface area contributed by atoms with E-state index >= 15 is 0 Å². The fourth-order valence-electron chi connectivity index (χ4n) is 2.68. The zero-order valence-corrected chi connectivity index (χ0v) is 14.3. The molecule has 3 rings (SSSR count). The highest BCUT2D eigenvalue weighted by molar-refractivity contribution is 6.30. The minimum absolute atomic E-state index is 0.0499. The number of anilines is 1. The Morgan fingerprint density at radius 1 is 1.12 bits per heavy atom. The van der Waals surface area contributed by atoms with Gasteiger partial charge in [0.15, 0.2) is 0 Å². The second-order valence-corrected chi connectivity index (χ2v) is 6.18. The predicted octanol–water partition coefficient (Wildman–Crippen LogP) is 2.72. The van der Waals surface area contributed by atoms with E-state index in [2.05, 4.69) is 20.2 Å². The molecule has 2 amide bonds. The number of carbonyl (C=O) groups is 1. The van der Waals surface area contributed by atoms with Crippen molar-refractivity contribution < 1.29 is 4.79 Å². The Labute approximate surface area is 146 Å². The van der Waals surface area contributed by atoms with Gasteiger partial charge in [-0.15, -0.1) is 0 Å². The number of nitrogens with one attached hydrogen (secondary N) is 1. The van der Waals surface area contributed by atoms with Gasteiger partial charge in [0.2, 0.25) is 5.95 Å². The molecule has 0 aliphatic carbocycles. The third kappa shape index (κ3) is 3.94. The molecule has 2 heterocycles. The molecule has 24 heavy (non-hydrogen) atoms. The van der Waals surface area contributed by atoms with Crippen LogP contribution in [0.1, 0.15) is 18.5 Å². The molecule has 1 unspecified atom stereocenters. The number of amides is 2. The zero-order valence-electron chi connectivity index (χ0n) is 13.5. The van der Waals surface area contributed by atoms with E-state index in [1.807, 2.05) is 36.1 Å². The lowest BCUT2D eigenvalue weighted by Gasteiger charge is -2.35. The number of halogens is 1. The Morgan fingerprint density at radius 3 is 2.38 bits per heavy atom. The molecular formula is C17H20ClN5O. The first-order valence-corrected chi connectivity index (χ1v) is 8.34. The molecule has 1 aliphatic heterocycles. The van der Waals surface area contributed by atoms with Crippen LogP contribution in [0.2, 0.25) is 5.02 Å². The SMILES string of the molecule is CC(NC(=O)N1CCN(c2ncccn2)CC1)c1ccc(Cl)cc1. The molecule has 0 bridgehead atoms. The van der Waals surface area contributed by atoms with Gasteiger partial charge in [0, 0.05) is 43.6 Å². The molecule has 2 aromatic rings. The molecule has 6 nitrogen and oxygen atoms in total. The van der Waals surface area contributed by atoms with Crippen LogP contribution in [0.3, 0.4) is 0 Å². The van der Waals surface area contributed by atoms with E-state index in [0.717, 1.165) is 18.7 Å². The van der Waals surface area contributed by atoms with E-state index in [0.29, 0.717) is 24.1 Å². The monoisotopic (exact) mass is 345 g/mol. The van der Waals surface area contributed by atoms with Gasteiger partial charge in [0.05, 0.1) is 6.04 Å². The topological polar surface area (TPSA) is 61.4 Å². The Bertz CT molecular complexity index is 671. The maximum absolute atomic E-state index is 12.4. The molecule has 0 radical (unpaired) electrons. The van der Waals surface area contributed by atoms with E-state index < -0.39 is 0 Å². The maximum Gasteiger partial charge on any atom is 0.317 e. The lowest BCUT2D eigenvalue weighted by molar-refractivity contribution is 0.191. The van der Waals surface area contributed by atoms with Crippen molar-refractivity contribution >= 4 is 23.6 Å². The molecular weight excluding hydrogens is 326 g/mol. The number of nitrogens with zero attached hydrogens (tertiary/aromatic N) is 4. The van der Waals surface area contributed by atoms with Gasteiger partial charge in [0.25, 0.3) is 0 Å². The van der Waals surface area contributed by atoms with Gasteiger partial charge in [-0.1, -0.05) is 23.7 Å². The summed E-state index contributed by atoms with van der Waals surface area (Å²) in [5.41, 5.74) is 1.03. The third-order valence-corrected chi connectivity index (χ3v) is 4.36. The van der Waals surface area contributed by atoms with Gasteiger partial charge >= 0.3 is 6.03 Å². The Hall–Kier alpha value is -2.34. The molecule has 1 fully saturated rings. The van der Waals surface area contributed by atoms with E-state index in [1.54, 1.807) is 18.5 Å². The first kappa shape index (κ1) is 16.5. The number of aromatic nitrogens is 2. The summed E-state index contributed by atoms with van der Waals surface area (Å²) < 4.78 is 0. The van der Waals surface area contributed by atoms with E-state index in [1.165, 1.54) is 0 Å². The fourth-order valence-corrected chi connectivity index (χ4v) is 2.80. The predicted molar refractivity (Wildman–Crippen MR) is 94.2 cm³/mol. The van der Waals surface area contributed by atoms with Crippen molar-refractivity contribution in [3.8, 4) is 0 Å². The molecule has 1 aromatic heterocycles. The minimum atomic E-state index is -0.0646. The van der Waals surface area contributed by atoms with Crippen molar-refractivity contribution in [2.24, 2.45) is 0 Å². The van der Waals surface area contributed by atoms with Crippen molar-refractivity contribution in [3.05, 3.63) is 53.3 Å². The average molecular weight is 346 g/mol. The van der Waals surface area contributed by atoms with Crippen LogP contribution in [0.25, 0.3) is 0 Å². The molecule has 1 aliphatic rings. The molecule has 1 atom stereocenters. The zero-order chi connectivity index (χ0) is 16.9. The van der Waals surface area contributed by atoms with Crippen LogP contribution in [0.5, 0.6) is 0 Å². The smallest absolute Gasteiger partial charge is 0.317 e. The highest BCUT2D eigenvalue weighted by atomic mass is 35.5. The number of carbonyl (C=O) groups excluding carboxylic acids is 1. The van der Waals surface area contributed by atoms with Crippen LogP contribution in [0.4, 0.5) is 10.7 Å². The van der Waals surface area contributed by atoms with Gasteiger partial charge in [-0.25, -0.2) is 14.8 Å². The van der Waals surface area contributed by atoms with Crippen LogP contribution < -0.4 is 10.2 Å². The van der Waals surface area contributed by atoms with E-state index in [-0.39, 0.29) is 12.1 Å². The van der Waals surface area contributed by atoms with Crippen molar-refractivity contribution in [1.82, 2.24) is 20.2 Å². The van der Waals surface area contributed by atoms with Crippen molar-refractivity contribution in [2.75, 3.05) is 31.1 Å². The summed E-state index contributed by atoms with van der Waals surface area (Å²) in [6.07, 6.45) is 3.46. The van der Waals surface area contributed by atoms with Gasteiger partial charge in [-0.05, 0) is 30.7 Å². The summed E-state index contributed by atoms with van der Waals surface area (Å²) in [7, 11) is 0. The molecule has 1 saturated heterocycles. The molecule has 126 valence electrons. The average Bonchev–Trinajstić information content (AvgIpc) is 2.63. The van der Waals surface area contributed by atoms with Crippen LogP contribution in [-0.4, -0.2) is 47.1 Å². The normalized spacial score (nSPS) is 15.9. The van der Waals surface area contributed by atoms with Gasteiger partial charge in [0.1, 0.15) is 0 Å². The third-order valence-electron chi connectivity index (χ3n) is 4.11. The Kier molecular flexibility index (Phi) is 5.15. The number of piperazine rings is 1. The van der Waals surface area contributed by atoms with Crippen LogP contribution >= 0.6 is 11.6 Å². The second kappa shape index (κ2) is 7.49.